The maximum absolute atomic E-state index is 9.26. The third-order valence-corrected chi connectivity index (χ3v) is 3.29. The molecule has 6 nitrogen and oxygen atoms in total. The first kappa shape index (κ1) is 14.7. The largest absolute Gasteiger partial charge is 0.363 e. The number of aromatic nitrogens is 3. The zero-order chi connectivity index (χ0) is 15.4. The van der Waals surface area contributed by atoms with E-state index in [9.17, 15) is 5.26 Å². The van der Waals surface area contributed by atoms with E-state index in [-0.39, 0.29) is 0 Å². The summed E-state index contributed by atoms with van der Waals surface area (Å²) in [6.45, 7) is 4.29. The first-order valence-corrected chi connectivity index (χ1v) is 6.63. The van der Waals surface area contributed by atoms with Gasteiger partial charge in [-0.05, 0) is 37.1 Å². The monoisotopic (exact) mass is 282 g/mol. The van der Waals surface area contributed by atoms with E-state index in [0.717, 1.165) is 22.6 Å². The van der Waals surface area contributed by atoms with Crippen LogP contribution in [0.3, 0.4) is 0 Å². The fraction of sp³-hybridized carbons (Fsp3) is 0.333. The number of aryl methyl sites for hydroxylation is 1. The molecule has 0 aromatic carbocycles. The first-order valence-electron chi connectivity index (χ1n) is 6.63. The van der Waals surface area contributed by atoms with Crippen LogP contribution in [-0.4, -0.2) is 29.3 Å². The molecule has 2 aromatic heterocycles. The maximum atomic E-state index is 9.26. The molecule has 0 aliphatic heterocycles. The van der Waals surface area contributed by atoms with Crippen LogP contribution in [0.15, 0.2) is 18.3 Å². The van der Waals surface area contributed by atoms with Crippen LogP contribution < -0.4 is 10.2 Å². The fourth-order valence-electron chi connectivity index (χ4n) is 1.87. The summed E-state index contributed by atoms with van der Waals surface area (Å²) < 4.78 is 0. The van der Waals surface area contributed by atoms with Gasteiger partial charge < -0.3 is 10.2 Å². The van der Waals surface area contributed by atoms with E-state index in [2.05, 4.69) is 26.6 Å². The minimum Gasteiger partial charge on any atom is -0.363 e. The van der Waals surface area contributed by atoms with E-state index in [0.29, 0.717) is 17.9 Å². The van der Waals surface area contributed by atoms with Crippen LogP contribution in [0.2, 0.25) is 0 Å². The summed E-state index contributed by atoms with van der Waals surface area (Å²) >= 11 is 0. The molecule has 0 aliphatic rings. The van der Waals surface area contributed by atoms with Crippen molar-refractivity contribution in [3.63, 3.8) is 0 Å². The van der Waals surface area contributed by atoms with E-state index in [4.69, 9.17) is 0 Å². The third kappa shape index (κ3) is 3.26. The lowest BCUT2D eigenvalue weighted by Gasteiger charge is -2.13. The van der Waals surface area contributed by atoms with Crippen LogP contribution in [0.5, 0.6) is 0 Å². The summed E-state index contributed by atoms with van der Waals surface area (Å²) in [5, 5.41) is 20.6. The summed E-state index contributed by atoms with van der Waals surface area (Å²) in [5.74, 6) is 1.41. The first-order chi connectivity index (χ1) is 10.0. The van der Waals surface area contributed by atoms with Crippen molar-refractivity contribution in [3.05, 3.63) is 40.7 Å². The van der Waals surface area contributed by atoms with Crippen LogP contribution >= 0.6 is 0 Å². The molecule has 0 saturated carbocycles. The number of nitrogens with one attached hydrogen (secondary N) is 1. The van der Waals surface area contributed by atoms with Gasteiger partial charge in [0.25, 0.3) is 0 Å². The summed E-state index contributed by atoms with van der Waals surface area (Å²) in [5.41, 5.74) is 3.25. The summed E-state index contributed by atoms with van der Waals surface area (Å²) in [6, 6.07) is 6.11. The van der Waals surface area contributed by atoms with Crippen LogP contribution in [0.4, 0.5) is 11.6 Å². The molecule has 2 aromatic rings. The second-order valence-electron chi connectivity index (χ2n) is 5.02. The molecule has 0 fully saturated rings. The summed E-state index contributed by atoms with van der Waals surface area (Å²) in [6.07, 6.45) is 1.77. The van der Waals surface area contributed by atoms with E-state index in [1.165, 1.54) is 0 Å². The Morgan fingerprint density at radius 2 is 2.05 bits per heavy atom. The molecule has 0 radical (unpaired) electrons. The normalized spacial score (nSPS) is 10.0. The number of nitrogens with zero attached hydrogens (tertiary/aromatic N) is 5. The minimum atomic E-state index is 0.517. The van der Waals surface area contributed by atoms with Gasteiger partial charge in [0.05, 0.1) is 5.69 Å². The average molecular weight is 282 g/mol. The number of rotatable bonds is 4. The number of hydrogen-bond donors (Lipinski definition) is 1. The standard InChI is InChI=1S/C15H18N6/c1-10-11(2)19-20-15(13(10)8-16)18-9-12-5-6-17-14(7-12)21(3)4/h5-7H,9H2,1-4H3,(H,18,20). The molecule has 0 atom stereocenters. The second-order valence-corrected chi connectivity index (χ2v) is 5.02. The smallest absolute Gasteiger partial charge is 0.167 e. The van der Waals surface area contributed by atoms with Crippen molar-refractivity contribution in [3.8, 4) is 6.07 Å². The Balaban J connectivity index is 2.19. The lowest BCUT2D eigenvalue weighted by molar-refractivity contribution is 0.939. The zero-order valence-corrected chi connectivity index (χ0v) is 12.7. The number of nitriles is 1. The topological polar surface area (TPSA) is 77.7 Å². The Morgan fingerprint density at radius 1 is 1.29 bits per heavy atom. The van der Waals surface area contributed by atoms with Gasteiger partial charge in [-0.1, -0.05) is 0 Å². The maximum Gasteiger partial charge on any atom is 0.167 e. The number of anilines is 2. The molecule has 2 rings (SSSR count). The molecule has 0 aliphatic carbocycles. The highest BCUT2D eigenvalue weighted by atomic mass is 15.2. The Kier molecular flexibility index (Phi) is 4.33. The van der Waals surface area contributed by atoms with Gasteiger partial charge in [0.15, 0.2) is 5.82 Å². The molecule has 0 bridgehead atoms. The minimum absolute atomic E-state index is 0.517. The predicted molar refractivity (Wildman–Crippen MR) is 82.1 cm³/mol. The lowest BCUT2D eigenvalue weighted by atomic mass is 10.1. The van der Waals surface area contributed by atoms with Gasteiger partial charge in [-0.2, -0.15) is 10.4 Å². The Labute approximate surface area is 124 Å². The SMILES string of the molecule is Cc1nnc(NCc2ccnc(N(C)C)c2)c(C#N)c1C. The van der Waals surface area contributed by atoms with Crippen molar-refractivity contribution >= 4 is 11.6 Å². The molecular weight excluding hydrogens is 264 g/mol. The molecule has 2 heterocycles. The van der Waals surface area contributed by atoms with Gasteiger partial charge in [-0.3, -0.25) is 0 Å². The highest BCUT2D eigenvalue weighted by Gasteiger charge is 2.10. The van der Waals surface area contributed by atoms with Crippen molar-refractivity contribution in [2.75, 3.05) is 24.3 Å². The molecule has 0 saturated heterocycles. The number of hydrogen-bond acceptors (Lipinski definition) is 6. The summed E-state index contributed by atoms with van der Waals surface area (Å²) in [7, 11) is 3.89. The quantitative estimate of drug-likeness (QED) is 0.924. The highest BCUT2D eigenvalue weighted by molar-refractivity contribution is 5.56. The van der Waals surface area contributed by atoms with E-state index >= 15 is 0 Å². The molecule has 21 heavy (non-hydrogen) atoms. The van der Waals surface area contributed by atoms with Gasteiger partial charge in [0, 0.05) is 26.8 Å². The Bertz CT molecular complexity index is 687. The van der Waals surface area contributed by atoms with E-state index < -0.39 is 0 Å². The van der Waals surface area contributed by atoms with Crippen molar-refractivity contribution in [1.29, 1.82) is 5.26 Å². The molecule has 108 valence electrons. The van der Waals surface area contributed by atoms with Gasteiger partial charge in [-0.15, -0.1) is 5.10 Å². The molecule has 0 spiro atoms. The van der Waals surface area contributed by atoms with Crippen molar-refractivity contribution < 1.29 is 0 Å². The van der Waals surface area contributed by atoms with Crippen LogP contribution in [0, 0.1) is 25.2 Å². The average Bonchev–Trinajstić information content (AvgIpc) is 2.48. The lowest BCUT2D eigenvalue weighted by Crippen LogP contribution is -2.12. The Morgan fingerprint density at radius 3 is 2.71 bits per heavy atom. The summed E-state index contributed by atoms with van der Waals surface area (Å²) in [4.78, 5) is 6.22. The molecule has 6 heteroatoms. The number of pyridine rings is 1. The van der Waals surface area contributed by atoms with E-state index in [1.54, 1.807) is 6.20 Å². The van der Waals surface area contributed by atoms with Gasteiger partial charge >= 0.3 is 0 Å². The van der Waals surface area contributed by atoms with Crippen molar-refractivity contribution in [2.24, 2.45) is 0 Å². The van der Waals surface area contributed by atoms with Gasteiger partial charge in [0.1, 0.15) is 17.5 Å². The van der Waals surface area contributed by atoms with Crippen LogP contribution in [-0.2, 0) is 6.54 Å². The van der Waals surface area contributed by atoms with Gasteiger partial charge in [0.2, 0.25) is 0 Å². The van der Waals surface area contributed by atoms with Crippen molar-refractivity contribution in [2.45, 2.75) is 20.4 Å². The van der Waals surface area contributed by atoms with Crippen LogP contribution in [0.25, 0.3) is 0 Å². The third-order valence-electron chi connectivity index (χ3n) is 3.29. The molecule has 1 N–H and O–H groups in total. The van der Waals surface area contributed by atoms with E-state index in [1.807, 2.05) is 45.0 Å². The highest BCUT2D eigenvalue weighted by Crippen LogP contribution is 2.18. The molecule has 0 unspecified atom stereocenters. The van der Waals surface area contributed by atoms with Crippen molar-refractivity contribution in [1.82, 2.24) is 15.2 Å². The molecule has 0 amide bonds. The second kappa shape index (κ2) is 6.18. The molecular formula is C15H18N6. The predicted octanol–water partition coefficient (Wildman–Crippen LogP) is 2.04. The Hall–Kier alpha value is -2.68. The van der Waals surface area contributed by atoms with Gasteiger partial charge in [-0.25, -0.2) is 4.98 Å². The zero-order valence-electron chi connectivity index (χ0n) is 12.7. The van der Waals surface area contributed by atoms with Crippen LogP contribution in [0.1, 0.15) is 22.4 Å². The fourth-order valence-corrected chi connectivity index (χ4v) is 1.87.